The lowest BCUT2D eigenvalue weighted by molar-refractivity contribution is -0.137. The first kappa shape index (κ1) is 31.1. The molecule has 0 radical (unpaired) electrons. The van der Waals surface area contributed by atoms with E-state index in [0.29, 0.717) is 30.2 Å². The fraction of sp³-hybridized carbons (Fsp3) is 0.387. The van der Waals surface area contributed by atoms with E-state index in [1.807, 2.05) is 6.07 Å². The van der Waals surface area contributed by atoms with Crippen LogP contribution in [0.15, 0.2) is 60.8 Å². The van der Waals surface area contributed by atoms with E-state index >= 15 is 0 Å². The number of amides is 2. The largest absolute Gasteiger partial charge is 0.493 e. The van der Waals surface area contributed by atoms with Gasteiger partial charge in [0.15, 0.2) is 11.5 Å². The van der Waals surface area contributed by atoms with Gasteiger partial charge >= 0.3 is 6.18 Å². The van der Waals surface area contributed by atoms with E-state index < -0.39 is 35.7 Å². The third-order valence-electron chi connectivity index (χ3n) is 7.50. The standard InChI is InChI=1S/C31H33F3N4O6/c1-42-26-7-6-21-15-27(26)44-23-5-2-4-20(14-23)19-43-25-9-12-37(28-16-22(8-10-35-28)31(32,33)34)17-24(25)36-29(40)18-38(30(21)41)11-3-13-39/h2,4-8,10,14-16,24-25,39H,3,9,11-13,17-19H2,1H3,(H,36,40)/t24-,25-/m0/s1. The van der Waals surface area contributed by atoms with E-state index in [0.717, 1.165) is 23.9 Å². The lowest BCUT2D eigenvalue weighted by Crippen LogP contribution is -2.57. The summed E-state index contributed by atoms with van der Waals surface area (Å²) in [4.78, 5) is 34.1. The number of nitrogens with zero attached hydrogens (tertiary/aromatic N) is 3. The fourth-order valence-electron chi connectivity index (χ4n) is 5.29. The summed E-state index contributed by atoms with van der Waals surface area (Å²) in [6, 6.07) is 13.2. The summed E-state index contributed by atoms with van der Waals surface area (Å²) in [5.41, 5.74) is 0.239. The number of carbonyl (C=O) groups is 2. The quantitative estimate of drug-likeness (QED) is 0.443. The Morgan fingerprint density at radius 1 is 1.14 bits per heavy atom. The van der Waals surface area contributed by atoms with Crippen LogP contribution in [-0.2, 0) is 22.3 Å². The van der Waals surface area contributed by atoms with Crippen molar-refractivity contribution >= 4 is 17.6 Å². The van der Waals surface area contributed by atoms with Crippen LogP contribution < -0.4 is 19.7 Å². The van der Waals surface area contributed by atoms with Crippen molar-refractivity contribution in [3.63, 3.8) is 0 Å². The SMILES string of the molecule is COc1ccc2cc1Oc1cccc(c1)CO[C@H]1CCN(c3cc(C(F)(F)F)ccn3)C[C@@H]1NC(=O)CN(CCCO)C2=O. The molecule has 2 N–H and O–H groups in total. The highest BCUT2D eigenvalue weighted by Gasteiger charge is 2.35. The Kier molecular flexibility index (Phi) is 9.55. The number of aliphatic hydroxyl groups excluding tert-OH is 1. The lowest BCUT2D eigenvalue weighted by atomic mass is 10.0. The number of fused-ring (bicyclic) bond motifs is 5. The summed E-state index contributed by atoms with van der Waals surface area (Å²) in [5, 5.41) is 12.4. The number of carbonyl (C=O) groups excluding carboxylic acids is 2. The van der Waals surface area contributed by atoms with Gasteiger partial charge in [-0.05, 0) is 60.9 Å². The summed E-state index contributed by atoms with van der Waals surface area (Å²) >= 11 is 0. The molecule has 0 saturated carbocycles. The molecule has 0 unspecified atom stereocenters. The predicted molar refractivity (Wildman–Crippen MR) is 154 cm³/mol. The third kappa shape index (κ3) is 7.40. The van der Waals surface area contributed by atoms with Crippen molar-refractivity contribution in [1.82, 2.24) is 15.2 Å². The molecule has 10 nitrogen and oxygen atoms in total. The van der Waals surface area contributed by atoms with Gasteiger partial charge in [0, 0.05) is 38.0 Å². The van der Waals surface area contributed by atoms with Crippen molar-refractivity contribution in [3.05, 3.63) is 77.5 Å². The summed E-state index contributed by atoms with van der Waals surface area (Å²) in [6.45, 7) is 0.290. The first-order valence-corrected chi connectivity index (χ1v) is 14.2. The molecule has 44 heavy (non-hydrogen) atoms. The van der Waals surface area contributed by atoms with Crippen molar-refractivity contribution in [1.29, 1.82) is 0 Å². The van der Waals surface area contributed by atoms with E-state index in [4.69, 9.17) is 14.2 Å². The topological polar surface area (TPSA) is 113 Å². The van der Waals surface area contributed by atoms with Crippen molar-refractivity contribution in [2.24, 2.45) is 0 Å². The van der Waals surface area contributed by atoms with Crippen LogP contribution in [0.1, 0.15) is 34.3 Å². The molecule has 13 heteroatoms. The van der Waals surface area contributed by atoms with Gasteiger partial charge in [0.2, 0.25) is 5.91 Å². The maximum atomic E-state index is 13.6. The second-order valence-electron chi connectivity index (χ2n) is 10.6. The first-order chi connectivity index (χ1) is 21.1. The third-order valence-corrected chi connectivity index (χ3v) is 7.50. The Labute approximate surface area is 252 Å². The number of piperidine rings is 1. The first-order valence-electron chi connectivity index (χ1n) is 14.2. The number of rotatable bonds is 5. The fourth-order valence-corrected chi connectivity index (χ4v) is 5.29. The van der Waals surface area contributed by atoms with Crippen LogP contribution in [0.25, 0.3) is 0 Å². The number of benzene rings is 2. The predicted octanol–water partition coefficient (Wildman–Crippen LogP) is 4.02. The lowest BCUT2D eigenvalue weighted by Gasteiger charge is -2.39. The minimum atomic E-state index is -4.53. The average Bonchev–Trinajstić information content (AvgIpc) is 3.01. The van der Waals surface area contributed by atoms with E-state index in [9.17, 15) is 27.9 Å². The number of halogens is 3. The van der Waals surface area contributed by atoms with Gasteiger partial charge in [0.25, 0.3) is 5.91 Å². The highest BCUT2D eigenvalue weighted by molar-refractivity contribution is 5.97. The Balaban J connectivity index is 1.46. The number of alkyl halides is 3. The molecule has 2 aliphatic rings. The van der Waals surface area contributed by atoms with Gasteiger partial charge in [-0.2, -0.15) is 13.2 Å². The van der Waals surface area contributed by atoms with E-state index in [-0.39, 0.29) is 50.7 Å². The molecule has 0 spiro atoms. The van der Waals surface area contributed by atoms with Gasteiger partial charge in [0.05, 0.1) is 38.0 Å². The monoisotopic (exact) mass is 614 g/mol. The summed E-state index contributed by atoms with van der Waals surface area (Å²) in [5.74, 6) is 0.425. The number of methoxy groups -OCH3 is 1. The van der Waals surface area contributed by atoms with Gasteiger partial charge in [-0.3, -0.25) is 9.59 Å². The summed E-state index contributed by atoms with van der Waals surface area (Å²) in [7, 11) is 1.49. The maximum absolute atomic E-state index is 13.6. The molecule has 2 atom stereocenters. The minimum absolute atomic E-state index is 0.109. The molecule has 2 aromatic carbocycles. The summed E-state index contributed by atoms with van der Waals surface area (Å²) < 4.78 is 58.0. The number of hydrogen-bond acceptors (Lipinski definition) is 8. The van der Waals surface area contributed by atoms with E-state index in [2.05, 4.69) is 10.3 Å². The number of anilines is 1. The molecular formula is C31H33F3N4O6. The molecule has 0 aliphatic carbocycles. The molecule has 1 aromatic heterocycles. The smallest absolute Gasteiger partial charge is 0.416 e. The van der Waals surface area contributed by atoms with Crippen LogP contribution in [0.2, 0.25) is 0 Å². The number of pyridine rings is 1. The van der Waals surface area contributed by atoms with Gasteiger partial charge in [-0.1, -0.05) is 12.1 Å². The van der Waals surface area contributed by atoms with Crippen LogP contribution in [-0.4, -0.2) is 78.8 Å². The van der Waals surface area contributed by atoms with E-state index in [1.54, 1.807) is 35.2 Å². The highest BCUT2D eigenvalue weighted by atomic mass is 19.4. The molecular weight excluding hydrogens is 581 g/mol. The normalized spacial score (nSPS) is 19.6. The number of aromatic nitrogens is 1. The van der Waals surface area contributed by atoms with Crippen LogP contribution in [0.5, 0.6) is 17.2 Å². The molecule has 2 aliphatic heterocycles. The van der Waals surface area contributed by atoms with Crippen LogP contribution in [0, 0.1) is 0 Å². The molecule has 4 bridgehead atoms. The average molecular weight is 615 g/mol. The Bertz CT molecular complexity index is 1490. The number of hydrogen-bond donors (Lipinski definition) is 2. The summed E-state index contributed by atoms with van der Waals surface area (Å²) in [6.07, 6.45) is -3.25. The molecule has 1 saturated heterocycles. The Morgan fingerprint density at radius 3 is 2.75 bits per heavy atom. The molecule has 2 amide bonds. The second kappa shape index (κ2) is 13.5. The molecule has 3 heterocycles. The van der Waals surface area contributed by atoms with Gasteiger partial charge in [-0.15, -0.1) is 0 Å². The van der Waals surface area contributed by atoms with Crippen molar-refractivity contribution in [2.45, 2.75) is 37.8 Å². The Morgan fingerprint density at radius 2 is 1.98 bits per heavy atom. The molecule has 1 fully saturated rings. The zero-order chi connectivity index (χ0) is 31.3. The van der Waals surface area contributed by atoms with Gasteiger partial charge in [-0.25, -0.2) is 4.98 Å². The molecule has 234 valence electrons. The van der Waals surface area contributed by atoms with Crippen molar-refractivity contribution in [2.75, 3.05) is 44.8 Å². The molecule has 3 aromatic rings. The second-order valence-corrected chi connectivity index (χ2v) is 10.6. The zero-order valence-corrected chi connectivity index (χ0v) is 24.0. The van der Waals surface area contributed by atoms with Crippen LogP contribution >= 0.6 is 0 Å². The molecule has 5 rings (SSSR count). The van der Waals surface area contributed by atoms with Crippen molar-refractivity contribution in [3.8, 4) is 17.2 Å². The number of ether oxygens (including phenoxy) is 3. The van der Waals surface area contributed by atoms with Crippen LogP contribution in [0.4, 0.5) is 19.0 Å². The minimum Gasteiger partial charge on any atom is -0.493 e. The zero-order valence-electron chi connectivity index (χ0n) is 24.0. The van der Waals surface area contributed by atoms with Crippen LogP contribution in [0.3, 0.4) is 0 Å². The number of nitrogens with one attached hydrogen (secondary N) is 1. The van der Waals surface area contributed by atoms with Gasteiger partial charge in [0.1, 0.15) is 11.6 Å². The van der Waals surface area contributed by atoms with E-state index in [1.165, 1.54) is 18.1 Å². The maximum Gasteiger partial charge on any atom is 0.416 e. The van der Waals surface area contributed by atoms with Gasteiger partial charge < -0.3 is 34.4 Å². The highest BCUT2D eigenvalue weighted by Crippen LogP contribution is 2.34. The number of aliphatic hydroxyl groups is 1. The van der Waals surface area contributed by atoms with Crippen molar-refractivity contribution < 1.29 is 42.1 Å². The Hall–Kier alpha value is -4.36.